The number of benzene rings is 2. The molecule has 2 aromatic rings. The maximum atomic E-state index is 12.1. The van der Waals surface area contributed by atoms with Crippen molar-refractivity contribution in [2.75, 3.05) is 26.3 Å². The minimum atomic E-state index is -1.03. The zero-order chi connectivity index (χ0) is 21.8. The Morgan fingerprint density at radius 3 is 2.29 bits per heavy atom. The molecule has 1 fully saturated rings. The molecule has 0 bridgehead atoms. The second-order valence-electron chi connectivity index (χ2n) is 7.66. The number of hydrogen-bond donors (Lipinski definition) is 3. The number of amides is 2. The lowest BCUT2D eigenvalue weighted by Gasteiger charge is -2.16. The normalized spacial score (nSPS) is 19.4. The van der Waals surface area contributed by atoms with Crippen molar-refractivity contribution in [2.24, 2.45) is 5.92 Å². The predicted molar refractivity (Wildman–Crippen MR) is 112 cm³/mol. The fraction of sp³-hybridized carbons (Fsp3) is 0.348. The third-order valence-corrected chi connectivity index (χ3v) is 5.76. The van der Waals surface area contributed by atoms with Crippen molar-refractivity contribution in [3.8, 4) is 11.1 Å². The summed E-state index contributed by atoms with van der Waals surface area (Å²) < 4.78 is 10.5. The van der Waals surface area contributed by atoms with Gasteiger partial charge >= 0.3 is 12.1 Å². The van der Waals surface area contributed by atoms with Crippen molar-refractivity contribution in [2.45, 2.75) is 18.4 Å². The lowest BCUT2D eigenvalue weighted by atomic mass is 9.98. The summed E-state index contributed by atoms with van der Waals surface area (Å²) in [6, 6.07) is 16.1. The van der Waals surface area contributed by atoms with Crippen LogP contribution >= 0.6 is 0 Å². The highest BCUT2D eigenvalue weighted by atomic mass is 16.5. The molecule has 0 aromatic heterocycles. The molecule has 1 heterocycles. The summed E-state index contributed by atoms with van der Waals surface area (Å²) in [6.07, 6.45) is -1.02. The Kier molecular flexibility index (Phi) is 6.18. The van der Waals surface area contributed by atoms with Crippen molar-refractivity contribution in [3.63, 3.8) is 0 Å². The van der Waals surface area contributed by atoms with Crippen molar-refractivity contribution in [3.05, 3.63) is 59.7 Å². The predicted octanol–water partition coefficient (Wildman–Crippen LogP) is 2.13. The molecule has 2 aromatic carbocycles. The summed E-state index contributed by atoms with van der Waals surface area (Å²) in [5.74, 6) is -1.78. The molecule has 0 saturated carbocycles. The minimum absolute atomic E-state index is 0.0534. The largest absolute Gasteiger partial charge is 0.479 e. The van der Waals surface area contributed by atoms with Crippen LogP contribution in [0.2, 0.25) is 0 Å². The molecule has 4 rings (SSSR count). The third-order valence-electron chi connectivity index (χ3n) is 5.76. The molecule has 162 valence electrons. The molecule has 2 aliphatic rings. The molecule has 1 aliphatic heterocycles. The van der Waals surface area contributed by atoms with E-state index in [2.05, 4.69) is 22.8 Å². The van der Waals surface area contributed by atoms with Gasteiger partial charge in [-0.1, -0.05) is 48.5 Å². The first-order valence-electron chi connectivity index (χ1n) is 10.2. The van der Waals surface area contributed by atoms with Crippen LogP contribution in [0.4, 0.5) is 4.79 Å². The molecule has 0 spiro atoms. The quantitative estimate of drug-likeness (QED) is 0.628. The Bertz CT molecular complexity index is 946. The van der Waals surface area contributed by atoms with Gasteiger partial charge in [0.1, 0.15) is 6.61 Å². The van der Waals surface area contributed by atoms with Crippen molar-refractivity contribution >= 4 is 18.0 Å². The number of ether oxygens (including phenoxy) is 2. The van der Waals surface area contributed by atoms with Gasteiger partial charge in [0, 0.05) is 25.0 Å². The summed E-state index contributed by atoms with van der Waals surface area (Å²) in [4.78, 5) is 35.2. The van der Waals surface area contributed by atoms with Crippen LogP contribution in [0.15, 0.2) is 48.5 Å². The Morgan fingerprint density at radius 2 is 1.65 bits per heavy atom. The number of carboxylic acids is 1. The highest BCUT2D eigenvalue weighted by Crippen LogP contribution is 2.44. The lowest BCUT2D eigenvalue weighted by molar-refractivity contribution is -0.149. The van der Waals surface area contributed by atoms with Crippen molar-refractivity contribution in [1.29, 1.82) is 0 Å². The van der Waals surface area contributed by atoms with E-state index in [0.29, 0.717) is 13.0 Å². The van der Waals surface area contributed by atoms with Gasteiger partial charge in [-0.25, -0.2) is 9.59 Å². The second kappa shape index (κ2) is 9.18. The second-order valence-corrected chi connectivity index (χ2v) is 7.66. The average Bonchev–Trinajstić information content (AvgIpc) is 3.38. The van der Waals surface area contributed by atoms with E-state index >= 15 is 0 Å². The minimum Gasteiger partial charge on any atom is -0.479 e. The zero-order valence-corrected chi connectivity index (χ0v) is 16.9. The molecule has 1 aliphatic carbocycles. The maximum Gasteiger partial charge on any atom is 0.407 e. The Hall–Kier alpha value is -3.39. The number of aliphatic carboxylic acids is 1. The van der Waals surface area contributed by atoms with E-state index in [9.17, 15) is 14.4 Å². The topological polar surface area (TPSA) is 114 Å². The van der Waals surface area contributed by atoms with Crippen molar-refractivity contribution < 1.29 is 29.0 Å². The Balaban J connectivity index is 1.25. The van der Waals surface area contributed by atoms with Gasteiger partial charge in [-0.3, -0.25) is 4.79 Å². The number of carbonyl (C=O) groups is 3. The number of rotatable bonds is 7. The molecule has 3 N–H and O–H groups in total. The highest BCUT2D eigenvalue weighted by Gasteiger charge is 2.34. The van der Waals surface area contributed by atoms with Gasteiger partial charge < -0.3 is 25.2 Å². The summed E-state index contributed by atoms with van der Waals surface area (Å²) >= 11 is 0. The summed E-state index contributed by atoms with van der Waals surface area (Å²) in [6.45, 7) is 0.459. The lowest BCUT2D eigenvalue weighted by Crippen LogP contribution is -2.41. The van der Waals surface area contributed by atoms with Crippen LogP contribution in [0.25, 0.3) is 11.1 Å². The third kappa shape index (κ3) is 4.54. The van der Waals surface area contributed by atoms with Gasteiger partial charge in [0.25, 0.3) is 0 Å². The zero-order valence-electron chi connectivity index (χ0n) is 16.9. The number of fused-ring (bicyclic) bond motifs is 3. The van der Waals surface area contributed by atoms with E-state index in [-0.39, 0.29) is 31.5 Å². The molecule has 2 amide bonds. The van der Waals surface area contributed by atoms with Gasteiger partial charge in [0.2, 0.25) is 5.91 Å². The molecule has 8 nitrogen and oxygen atoms in total. The number of carbonyl (C=O) groups excluding carboxylic acids is 2. The molecule has 0 radical (unpaired) electrons. The first kappa shape index (κ1) is 20.9. The fourth-order valence-corrected chi connectivity index (χ4v) is 4.23. The van der Waals surface area contributed by atoms with Gasteiger partial charge in [-0.2, -0.15) is 0 Å². The van der Waals surface area contributed by atoms with Crippen LogP contribution < -0.4 is 10.6 Å². The number of alkyl carbamates (subject to hydrolysis) is 1. The first-order chi connectivity index (χ1) is 15.0. The Labute approximate surface area is 179 Å². The monoisotopic (exact) mass is 424 g/mol. The highest BCUT2D eigenvalue weighted by molar-refractivity contribution is 5.82. The Morgan fingerprint density at radius 1 is 1.00 bits per heavy atom. The number of nitrogens with one attached hydrogen (secondary N) is 2. The van der Waals surface area contributed by atoms with Crippen molar-refractivity contribution in [1.82, 2.24) is 10.6 Å². The molecule has 31 heavy (non-hydrogen) atoms. The average molecular weight is 424 g/mol. The van der Waals surface area contributed by atoms with Gasteiger partial charge in [0.05, 0.1) is 6.54 Å². The van der Waals surface area contributed by atoms with E-state index in [1.165, 1.54) is 0 Å². The summed E-state index contributed by atoms with van der Waals surface area (Å²) in [7, 11) is 0. The van der Waals surface area contributed by atoms with Crippen LogP contribution in [0.1, 0.15) is 23.5 Å². The van der Waals surface area contributed by atoms with E-state index in [1.54, 1.807) is 0 Å². The SMILES string of the molecule is O=C(CNC(=O)OCC1c2ccccc2-c2ccccc21)NCC1CCOC1C(=O)O. The molecule has 8 heteroatoms. The van der Waals surface area contributed by atoms with Gasteiger partial charge in [-0.05, 0) is 28.7 Å². The smallest absolute Gasteiger partial charge is 0.407 e. The molecule has 1 saturated heterocycles. The van der Waals surface area contributed by atoms with E-state index in [0.717, 1.165) is 22.3 Å². The van der Waals surface area contributed by atoms with Gasteiger partial charge in [0.15, 0.2) is 6.10 Å². The number of carboxylic acid groups (broad SMARTS) is 1. The molecular weight excluding hydrogens is 400 g/mol. The molecule has 2 unspecified atom stereocenters. The summed E-state index contributed by atoms with van der Waals surface area (Å²) in [5.41, 5.74) is 4.51. The van der Waals surface area contributed by atoms with Crippen LogP contribution in [-0.4, -0.2) is 55.5 Å². The first-order valence-corrected chi connectivity index (χ1v) is 10.2. The fourth-order valence-electron chi connectivity index (χ4n) is 4.23. The van der Waals surface area contributed by atoms with E-state index in [4.69, 9.17) is 14.6 Å². The van der Waals surface area contributed by atoms with E-state index < -0.39 is 24.1 Å². The molecule has 2 atom stereocenters. The van der Waals surface area contributed by atoms with Crippen LogP contribution in [-0.2, 0) is 19.1 Å². The maximum absolute atomic E-state index is 12.1. The van der Waals surface area contributed by atoms with Crippen LogP contribution in [0.3, 0.4) is 0 Å². The van der Waals surface area contributed by atoms with Crippen LogP contribution in [0.5, 0.6) is 0 Å². The van der Waals surface area contributed by atoms with E-state index in [1.807, 2.05) is 36.4 Å². The summed E-state index contributed by atoms with van der Waals surface area (Å²) in [5, 5.41) is 14.2. The van der Waals surface area contributed by atoms with Gasteiger partial charge in [-0.15, -0.1) is 0 Å². The van der Waals surface area contributed by atoms with Crippen LogP contribution in [0, 0.1) is 5.92 Å². The number of hydrogen-bond acceptors (Lipinski definition) is 5. The standard InChI is InChI=1S/C23H24N2O6/c26-20(24-11-14-9-10-30-21(14)22(27)28)12-25-23(29)31-13-19-17-7-3-1-5-15(17)16-6-2-4-8-18(16)19/h1-8,14,19,21H,9-13H2,(H,24,26)(H,25,29)(H,27,28). The molecular formula is C23H24N2O6.